The maximum absolute atomic E-state index is 12.8. The highest BCUT2D eigenvalue weighted by molar-refractivity contribution is 6.33. The average Bonchev–Trinajstić information content (AvgIpc) is 2.48. The molecule has 2 rings (SSSR count). The summed E-state index contributed by atoms with van der Waals surface area (Å²) in [6.07, 6.45) is -3.65. The van der Waals surface area contributed by atoms with Gasteiger partial charge in [0.25, 0.3) is 0 Å². The molecule has 2 unspecified atom stereocenters. The van der Waals surface area contributed by atoms with Crippen LogP contribution < -0.4 is 5.32 Å². The van der Waals surface area contributed by atoms with Gasteiger partial charge >= 0.3 is 6.18 Å². The molecule has 7 heteroatoms. The molecule has 1 saturated heterocycles. The molecule has 1 aromatic rings. The molecule has 1 heterocycles. The zero-order chi connectivity index (χ0) is 16.3. The second kappa shape index (κ2) is 6.87. The quantitative estimate of drug-likeness (QED) is 0.908. The monoisotopic (exact) mass is 334 g/mol. The first kappa shape index (κ1) is 17.1. The molecule has 0 spiro atoms. The highest BCUT2D eigenvalue weighted by Crippen LogP contribution is 2.33. The molecule has 0 saturated carbocycles. The summed E-state index contributed by atoms with van der Waals surface area (Å²) in [5.41, 5.74) is 0.463. The van der Waals surface area contributed by atoms with Gasteiger partial charge in [0.2, 0.25) is 5.91 Å². The van der Waals surface area contributed by atoms with E-state index in [1.54, 1.807) is 36.1 Å². The normalized spacial score (nSPS) is 21.4. The molecule has 1 aliphatic heterocycles. The van der Waals surface area contributed by atoms with Gasteiger partial charge in [0.15, 0.2) is 0 Å². The number of nitrogens with zero attached hydrogens (tertiary/aromatic N) is 1. The lowest BCUT2D eigenvalue weighted by Gasteiger charge is -2.36. The van der Waals surface area contributed by atoms with Crippen molar-refractivity contribution in [2.45, 2.75) is 32.0 Å². The number of rotatable bonds is 3. The zero-order valence-electron chi connectivity index (χ0n) is 12.2. The van der Waals surface area contributed by atoms with Gasteiger partial charge < -0.3 is 5.32 Å². The molecule has 0 aliphatic carbocycles. The van der Waals surface area contributed by atoms with Crippen molar-refractivity contribution >= 4 is 23.2 Å². The summed E-state index contributed by atoms with van der Waals surface area (Å²) in [4.78, 5) is 13.8. The minimum atomic E-state index is -4.21. The molecule has 1 aromatic carbocycles. The smallest absolute Gasteiger partial charge is 0.323 e. The van der Waals surface area contributed by atoms with Crippen LogP contribution in [0.2, 0.25) is 5.02 Å². The van der Waals surface area contributed by atoms with E-state index in [-0.39, 0.29) is 18.9 Å². The molecule has 1 aliphatic rings. The van der Waals surface area contributed by atoms with E-state index >= 15 is 0 Å². The second-order valence-corrected chi connectivity index (χ2v) is 5.93. The molecular formula is C15H18ClF3N2O. The van der Waals surface area contributed by atoms with E-state index < -0.39 is 18.1 Å². The van der Waals surface area contributed by atoms with Gasteiger partial charge in [-0.2, -0.15) is 13.2 Å². The van der Waals surface area contributed by atoms with Crippen molar-refractivity contribution in [3.8, 4) is 0 Å². The summed E-state index contributed by atoms with van der Waals surface area (Å²) >= 11 is 5.96. The van der Waals surface area contributed by atoms with Gasteiger partial charge in [0.1, 0.15) is 0 Å². The van der Waals surface area contributed by atoms with Crippen molar-refractivity contribution in [1.29, 1.82) is 0 Å². The number of benzene rings is 1. The number of piperidine rings is 1. The van der Waals surface area contributed by atoms with Crippen LogP contribution in [-0.4, -0.2) is 36.1 Å². The number of anilines is 1. The highest BCUT2D eigenvalue weighted by Gasteiger charge is 2.43. The van der Waals surface area contributed by atoms with Crippen LogP contribution in [0.25, 0.3) is 0 Å². The van der Waals surface area contributed by atoms with Crippen LogP contribution in [0, 0.1) is 5.92 Å². The lowest BCUT2D eigenvalue weighted by molar-refractivity contribution is -0.188. The van der Waals surface area contributed by atoms with E-state index in [9.17, 15) is 18.0 Å². The number of hydrogen-bond donors (Lipinski definition) is 1. The molecule has 2 atom stereocenters. The van der Waals surface area contributed by atoms with Crippen molar-refractivity contribution in [2.24, 2.45) is 5.92 Å². The molecule has 0 bridgehead atoms. The first-order valence-corrected chi connectivity index (χ1v) is 7.53. The van der Waals surface area contributed by atoms with Gasteiger partial charge in [0.05, 0.1) is 22.7 Å². The fourth-order valence-corrected chi connectivity index (χ4v) is 2.77. The second-order valence-electron chi connectivity index (χ2n) is 5.52. The van der Waals surface area contributed by atoms with Gasteiger partial charge in [0, 0.05) is 6.54 Å². The highest BCUT2D eigenvalue weighted by atomic mass is 35.5. The lowest BCUT2D eigenvalue weighted by atomic mass is 9.96. The van der Waals surface area contributed by atoms with Crippen LogP contribution in [0.1, 0.15) is 19.8 Å². The number of para-hydroxylation sites is 1. The Morgan fingerprint density at radius 3 is 2.73 bits per heavy atom. The number of carbonyl (C=O) groups excluding carboxylic acids is 1. The standard InChI is InChI=1S/C15H18ClF3N2O/c1-10(14(22)20-13-7-3-2-6-12(13)16)21-8-4-5-11(9-21)15(17,18)19/h2-3,6-7,10-11H,4-5,8-9H2,1H3,(H,20,22). The molecule has 1 amide bonds. The number of alkyl halides is 3. The van der Waals surface area contributed by atoms with E-state index in [1.165, 1.54) is 0 Å². The number of halogens is 4. The van der Waals surface area contributed by atoms with Crippen LogP contribution in [0.15, 0.2) is 24.3 Å². The Kier molecular flexibility index (Phi) is 5.34. The number of likely N-dealkylation sites (tertiary alicyclic amines) is 1. The molecular weight excluding hydrogens is 317 g/mol. The van der Waals surface area contributed by atoms with Crippen molar-refractivity contribution in [3.05, 3.63) is 29.3 Å². The Morgan fingerprint density at radius 2 is 2.09 bits per heavy atom. The molecule has 1 fully saturated rings. The fraction of sp³-hybridized carbons (Fsp3) is 0.533. The van der Waals surface area contributed by atoms with Gasteiger partial charge in [-0.1, -0.05) is 23.7 Å². The number of amides is 1. The Balaban J connectivity index is 2.00. The Morgan fingerprint density at radius 1 is 1.41 bits per heavy atom. The van der Waals surface area contributed by atoms with Crippen molar-refractivity contribution < 1.29 is 18.0 Å². The summed E-state index contributed by atoms with van der Waals surface area (Å²) in [5, 5.41) is 3.07. The van der Waals surface area contributed by atoms with Crippen LogP contribution in [-0.2, 0) is 4.79 Å². The molecule has 22 heavy (non-hydrogen) atoms. The minimum absolute atomic E-state index is 0.124. The van der Waals surface area contributed by atoms with Crippen LogP contribution in [0.5, 0.6) is 0 Å². The van der Waals surface area contributed by atoms with Gasteiger partial charge in [-0.05, 0) is 38.4 Å². The SMILES string of the molecule is CC(C(=O)Nc1ccccc1Cl)N1CCCC(C(F)(F)F)C1. The molecule has 0 aromatic heterocycles. The van der Waals surface area contributed by atoms with Crippen LogP contribution >= 0.6 is 11.6 Å². The van der Waals surface area contributed by atoms with Gasteiger partial charge in [-0.25, -0.2) is 0 Å². The molecule has 1 N–H and O–H groups in total. The minimum Gasteiger partial charge on any atom is -0.323 e. The predicted molar refractivity (Wildman–Crippen MR) is 79.9 cm³/mol. The van der Waals surface area contributed by atoms with Crippen molar-refractivity contribution in [1.82, 2.24) is 4.90 Å². The largest absolute Gasteiger partial charge is 0.393 e. The fourth-order valence-electron chi connectivity index (χ4n) is 2.59. The Labute approximate surface area is 132 Å². The number of carbonyl (C=O) groups is 1. The van der Waals surface area contributed by atoms with E-state index in [0.717, 1.165) is 0 Å². The predicted octanol–water partition coefficient (Wildman–Crippen LogP) is 3.94. The molecule has 0 radical (unpaired) electrons. The van der Waals surface area contributed by atoms with E-state index in [2.05, 4.69) is 5.32 Å². The summed E-state index contributed by atoms with van der Waals surface area (Å²) < 4.78 is 38.5. The van der Waals surface area contributed by atoms with E-state index in [1.807, 2.05) is 0 Å². The van der Waals surface area contributed by atoms with Crippen LogP contribution in [0.3, 0.4) is 0 Å². The van der Waals surface area contributed by atoms with Gasteiger partial charge in [-0.15, -0.1) is 0 Å². The Bertz CT molecular complexity index is 536. The topological polar surface area (TPSA) is 32.3 Å². The molecule has 122 valence electrons. The zero-order valence-corrected chi connectivity index (χ0v) is 12.9. The first-order chi connectivity index (χ1) is 10.3. The van der Waals surface area contributed by atoms with Crippen molar-refractivity contribution in [2.75, 3.05) is 18.4 Å². The number of nitrogens with one attached hydrogen (secondary N) is 1. The van der Waals surface area contributed by atoms with E-state index in [0.29, 0.717) is 23.7 Å². The van der Waals surface area contributed by atoms with Gasteiger partial charge in [-0.3, -0.25) is 9.69 Å². The van der Waals surface area contributed by atoms with Crippen molar-refractivity contribution in [3.63, 3.8) is 0 Å². The van der Waals surface area contributed by atoms with Crippen LogP contribution in [0.4, 0.5) is 18.9 Å². The summed E-state index contributed by atoms with van der Waals surface area (Å²) in [7, 11) is 0. The Hall–Kier alpha value is -1.27. The maximum Gasteiger partial charge on any atom is 0.393 e. The summed E-state index contributed by atoms with van der Waals surface area (Å²) in [6.45, 7) is 1.97. The summed E-state index contributed by atoms with van der Waals surface area (Å²) in [6, 6.07) is 6.12. The third kappa shape index (κ3) is 4.14. The molecule has 3 nitrogen and oxygen atoms in total. The van der Waals surface area contributed by atoms with E-state index in [4.69, 9.17) is 11.6 Å². The summed E-state index contributed by atoms with van der Waals surface area (Å²) in [5.74, 6) is -1.72. The number of hydrogen-bond acceptors (Lipinski definition) is 2. The average molecular weight is 335 g/mol. The first-order valence-electron chi connectivity index (χ1n) is 7.15. The lowest BCUT2D eigenvalue weighted by Crippen LogP contribution is -2.49. The maximum atomic E-state index is 12.8. The third-order valence-corrected chi connectivity index (χ3v) is 4.30. The third-order valence-electron chi connectivity index (χ3n) is 3.97.